The molecule has 0 radical (unpaired) electrons. The van der Waals surface area contributed by atoms with E-state index >= 15 is 0 Å². The van der Waals surface area contributed by atoms with Crippen LogP contribution in [0, 0.1) is 0 Å². The van der Waals surface area contributed by atoms with Crippen LogP contribution in [0.3, 0.4) is 0 Å². The molecule has 0 spiro atoms. The van der Waals surface area contributed by atoms with E-state index < -0.39 is 6.10 Å². The van der Waals surface area contributed by atoms with Crippen molar-refractivity contribution in [2.45, 2.75) is 18.6 Å². The molecule has 1 aromatic rings. The Morgan fingerprint density at radius 2 is 2.15 bits per heavy atom. The number of benzene rings is 1. The predicted octanol–water partition coefficient (Wildman–Crippen LogP) is 0.486. The molecule has 5 heteroatoms. The number of fused-ring (bicyclic) bond motifs is 1. The first-order valence-electron chi connectivity index (χ1n) is 7.09. The Morgan fingerprint density at radius 3 is 3.00 bits per heavy atom. The molecular formula is C15H20N2O3. The van der Waals surface area contributed by atoms with Crippen LogP contribution in [0.25, 0.3) is 0 Å². The maximum atomic E-state index is 12.7. The molecular weight excluding hydrogens is 256 g/mol. The standard InChI is InChI=1S/C15H20N2O3/c16-9-12-10-17(6-8-19-12)15(18)14-13-4-2-1-3-11(13)5-7-20-14/h1-4,12,14H,5-10,16H2. The highest BCUT2D eigenvalue weighted by molar-refractivity contribution is 5.83. The molecule has 2 unspecified atom stereocenters. The molecule has 3 rings (SSSR count). The van der Waals surface area contributed by atoms with Gasteiger partial charge in [0.15, 0.2) is 6.10 Å². The van der Waals surface area contributed by atoms with Gasteiger partial charge < -0.3 is 20.1 Å². The summed E-state index contributed by atoms with van der Waals surface area (Å²) in [5, 5.41) is 0. The summed E-state index contributed by atoms with van der Waals surface area (Å²) in [7, 11) is 0. The van der Waals surface area contributed by atoms with Crippen molar-refractivity contribution in [3.8, 4) is 0 Å². The molecule has 1 amide bonds. The number of morpholine rings is 1. The van der Waals surface area contributed by atoms with Crippen molar-refractivity contribution in [1.82, 2.24) is 4.90 Å². The monoisotopic (exact) mass is 276 g/mol. The van der Waals surface area contributed by atoms with E-state index in [1.807, 2.05) is 23.1 Å². The molecule has 0 bridgehead atoms. The molecule has 2 aliphatic rings. The number of ether oxygens (including phenoxy) is 2. The van der Waals surface area contributed by atoms with Gasteiger partial charge in [-0.15, -0.1) is 0 Å². The van der Waals surface area contributed by atoms with Crippen molar-refractivity contribution in [3.63, 3.8) is 0 Å². The molecule has 0 aliphatic carbocycles. The fourth-order valence-electron chi connectivity index (χ4n) is 2.83. The van der Waals surface area contributed by atoms with E-state index in [-0.39, 0.29) is 12.0 Å². The van der Waals surface area contributed by atoms with Crippen LogP contribution in [0.15, 0.2) is 24.3 Å². The molecule has 5 nitrogen and oxygen atoms in total. The summed E-state index contributed by atoms with van der Waals surface area (Å²) in [6.07, 6.45) is 0.331. The van der Waals surface area contributed by atoms with Gasteiger partial charge in [0.05, 0.1) is 19.3 Å². The Morgan fingerprint density at radius 1 is 1.30 bits per heavy atom. The maximum Gasteiger partial charge on any atom is 0.256 e. The normalized spacial score (nSPS) is 26.1. The Balaban J connectivity index is 1.78. The average molecular weight is 276 g/mol. The van der Waals surface area contributed by atoms with Crippen LogP contribution in [-0.4, -0.2) is 49.8 Å². The lowest BCUT2D eigenvalue weighted by Gasteiger charge is -2.36. The van der Waals surface area contributed by atoms with Crippen molar-refractivity contribution in [2.24, 2.45) is 5.73 Å². The summed E-state index contributed by atoms with van der Waals surface area (Å²) in [6, 6.07) is 8.01. The molecule has 2 heterocycles. The fourth-order valence-corrected chi connectivity index (χ4v) is 2.83. The minimum Gasteiger partial charge on any atom is -0.373 e. The van der Waals surface area contributed by atoms with Gasteiger partial charge in [0, 0.05) is 19.6 Å². The second kappa shape index (κ2) is 5.91. The fraction of sp³-hybridized carbons (Fsp3) is 0.533. The van der Waals surface area contributed by atoms with E-state index in [1.165, 1.54) is 5.56 Å². The minimum atomic E-state index is -0.475. The van der Waals surface area contributed by atoms with Gasteiger partial charge in [0.1, 0.15) is 0 Å². The van der Waals surface area contributed by atoms with E-state index in [0.717, 1.165) is 12.0 Å². The van der Waals surface area contributed by atoms with Crippen LogP contribution in [-0.2, 0) is 20.7 Å². The first-order valence-corrected chi connectivity index (χ1v) is 7.09. The maximum absolute atomic E-state index is 12.7. The van der Waals surface area contributed by atoms with Crippen molar-refractivity contribution in [2.75, 3.05) is 32.8 Å². The number of rotatable bonds is 2. The Bertz CT molecular complexity index is 492. The van der Waals surface area contributed by atoms with Crippen molar-refractivity contribution in [1.29, 1.82) is 0 Å². The van der Waals surface area contributed by atoms with Gasteiger partial charge in [0.25, 0.3) is 5.91 Å². The van der Waals surface area contributed by atoms with Gasteiger partial charge in [-0.3, -0.25) is 4.79 Å². The van der Waals surface area contributed by atoms with E-state index in [4.69, 9.17) is 15.2 Å². The molecule has 0 saturated carbocycles. The number of hydrogen-bond donors (Lipinski definition) is 1. The summed E-state index contributed by atoms with van der Waals surface area (Å²) < 4.78 is 11.2. The first-order chi connectivity index (χ1) is 9.79. The lowest BCUT2D eigenvalue weighted by atomic mass is 9.96. The summed E-state index contributed by atoms with van der Waals surface area (Å²) in [5.41, 5.74) is 7.84. The topological polar surface area (TPSA) is 64.8 Å². The SMILES string of the molecule is NCC1CN(C(=O)C2OCCc3ccccc32)CCO1. The van der Waals surface area contributed by atoms with Gasteiger partial charge in [-0.05, 0) is 17.5 Å². The predicted molar refractivity (Wildman–Crippen MR) is 74.2 cm³/mol. The highest BCUT2D eigenvalue weighted by Crippen LogP contribution is 2.29. The van der Waals surface area contributed by atoms with Gasteiger partial charge in [-0.1, -0.05) is 24.3 Å². The molecule has 0 aromatic heterocycles. The number of nitrogens with zero attached hydrogens (tertiary/aromatic N) is 1. The van der Waals surface area contributed by atoms with Crippen LogP contribution >= 0.6 is 0 Å². The second-order valence-corrected chi connectivity index (χ2v) is 5.21. The van der Waals surface area contributed by atoms with E-state index in [2.05, 4.69) is 6.07 Å². The summed E-state index contributed by atoms with van der Waals surface area (Å²) >= 11 is 0. The largest absolute Gasteiger partial charge is 0.373 e. The minimum absolute atomic E-state index is 0.0268. The third-order valence-corrected chi connectivity index (χ3v) is 3.93. The van der Waals surface area contributed by atoms with Crippen LogP contribution in [0.2, 0.25) is 0 Å². The lowest BCUT2D eigenvalue weighted by molar-refractivity contribution is -0.152. The number of hydrogen-bond acceptors (Lipinski definition) is 4. The highest BCUT2D eigenvalue weighted by Gasteiger charge is 2.33. The number of carbonyl (C=O) groups is 1. The van der Waals surface area contributed by atoms with E-state index in [1.54, 1.807) is 0 Å². The van der Waals surface area contributed by atoms with Crippen LogP contribution < -0.4 is 5.73 Å². The van der Waals surface area contributed by atoms with Gasteiger partial charge in [-0.2, -0.15) is 0 Å². The number of amides is 1. The molecule has 108 valence electrons. The number of carbonyl (C=O) groups excluding carboxylic acids is 1. The second-order valence-electron chi connectivity index (χ2n) is 5.21. The highest BCUT2D eigenvalue weighted by atomic mass is 16.5. The third-order valence-electron chi connectivity index (χ3n) is 3.93. The quantitative estimate of drug-likeness (QED) is 0.853. The van der Waals surface area contributed by atoms with Gasteiger partial charge in [0.2, 0.25) is 0 Å². The Kier molecular flexibility index (Phi) is 4.00. The van der Waals surface area contributed by atoms with Crippen LogP contribution in [0.5, 0.6) is 0 Å². The Hall–Kier alpha value is -1.43. The zero-order valence-electron chi connectivity index (χ0n) is 11.5. The molecule has 1 aromatic carbocycles. The summed E-state index contributed by atoms with van der Waals surface area (Å²) in [4.78, 5) is 14.5. The zero-order valence-corrected chi connectivity index (χ0v) is 11.5. The molecule has 2 aliphatic heterocycles. The molecule has 1 fully saturated rings. The summed E-state index contributed by atoms with van der Waals surface area (Å²) in [6.45, 7) is 2.74. The van der Waals surface area contributed by atoms with Crippen LogP contribution in [0.1, 0.15) is 17.2 Å². The van der Waals surface area contributed by atoms with Crippen molar-refractivity contribution in [3.05, 3.63) is 35.4 Å². The van der Waals surface area contributed by atoms with Crippen molar-refractivity contribution >= 4 is 5.91 Å². The number of nitrogens with two attached hydrogens (primary N) is 1. The Labute approximate surface area is 118 Å². The smallest absolute Gasteiger partial charge is 0.256 e. The average Bonchev–Trinajstić information content (AvgIpc) is 2.53. The summed E-state index contributed by atoms with van der Waals surface area (Å²) in [5.74, 6) is 0.0268. The lowest BCUT2D eigenvalue weighted by Crippen LogP contribution is -2.50. The molecule has 20 heavy (non-hydrogen) atoms. The molecule has 2 atom stereocenters. The van der Waals surface area contributed by atoms with E-state index in [0.29, 0.717) is 32.8 Å². The molecule has 2 N–H and O–H groups in total. The molecule has 1 saturated heterocycles. The van der Waals surface area contributed by atoms with Crippen LogP contribution in [0.4, 0.5) is 0 Å². The van der Waals surface area contributed by atoms with Gasteiger partial charge >= 0.3 is 0 Å². The first kappa shape index (κ1) is 13.5. The van der Waals surface area contributed by atoms with Gasteiger partial charge in [-0.25, -0.2) is 0 Å². The van der Waals surface area contributed by atoms with E-state index in [9.17, 15) is 4.79 Å². The third kappa shape index (κ3) is 2.57. The van der Waals surface area contributed by atoms with Crippen molar-refractivity contribution < 1.29 is 14.3 Å². The zero-order chi connectivity index (χ0) is 13.9.